The van der Waals surface area contributed by atoms with E-state index in [2.05, 4.69) is 5.32 Å². The van der Waals surface area contributed by atoms with Gasteiger partial charge in [0.15, 0.2) is 0 Å². The van der Waals surface area contributed by atoms with Gasteiger partial charge < -0.3 is 15.0 Å². The molecule has 1 aromatic rings. The molecule has 6 nitrogen and oxygen atoms in total. The molecule has 1 aliphatic heterocycles. The van der Waals surface area contributed by atoms with Crippen LogP contribution in [-0.4, -0.2) is 67.6 Å². The van der Waals surface area contributed by atoms with Crippen LogP contribution in [0.5, 0.6) is 0 Å². The Morgan fingerprint density at radius 1 is 1.30 bits per heavy atom. The van der Waals surface area contributed by atoms with Gasteiger partial charge in [-0.25, -0.2) is 0 Å². The molecule has 0 aromatic heterocycles. The molecular weight excluding hydrogens is 318 g/mol. The fourth-order valence-corrected chi connectivity index (χ4v) is 2.37. The lowest BCUT2D eigenvalue weighted by Crippen LogP contribution is -2.48. The van der Waals surface area contributed by atoms with E-state index < -0.39 is 6.04 Å². The first-order chi connectivity index (χ1) is 11.0. The molecule has 1 heterocycles. The minimum atomic E-state index is -0.421. The highest BCUT2D eigenvalue weighted by molar-refractivity contribution is 6.30. The number of likely N-dealkylation sites (N-methyl/N-ethyl adjacent to an activating group) is 1. The maximum atomic E-state index is 12.3. The number of nitrogens with one attached hydrogen (secondary N) is 1. The predicted octanol–water partition coefficient (Wildman–Crippen LogP) is 1.46. The molecule has 0 radical (unpaired) electrons. The Labute approximate surface area is 141 Å². The summed E-state index contributed by atoms with van der Waals surface area (Å²) in [5, 5.41) is 3.43. The van der Waals surface area contributed by atoms with Crippen molar-refractivity contribution >= 4 is 29.1 Å². The fraction of sp³-hybridized carbons (Fsp3) is 0.500. The highest BCUT2D eigenvalue weighted by Gasteiger charge is 2.23. The summed E-state index contributed by atoms with van der Waals surface area (Å²) in [6.07, 6.45) is 0. The second kappa shape index (κ2) is 8.29. The van der Waals surface area contributed by atoms with Crippen LogP contribution in [0.25, 0.3) is 0 Å². The summed E-state index contributed by atoms with van der Waals surface area (Å²) in [7, 11) is 1.77. The molecule has 0 saturated carbocycles. The van der Waals surface area contributed by atoms with E-state index in [1.54, 1.807) is 48.0 Å². The van der Waals surface area contributed by atoms with Crippen LogP contribution in [0.2, 0.25) is 5.02 Å². The summed E-state index contributed by atoms with van der Waals surface area (Å²) >= 11 is 5.82. The molecule has 0 bridgehead atoms. The number of hydrogen-bond acceptors (Lipinski definition) is 4. The predicted molar refractivity (Wildman–Crippen MR) is 89.6 cm³/mol. The number of hydrogen-bond donors (Lipinski definition) is 1. The Balaban J connectivity index is 1.85. The van der Waals surface area contributed by atoms with E-state index in [1.807, 2.05) is 0 Å². The molecule has 1 saturated heterocycles. The largest absolute Gasteiger partial charge is 0.378 e. The van der Waals surface area contributed by atoms with E-state index in [1.165, 1.54) is 0 Å². The normalized spacial score (nSPS) is 16.3. The Hall–Kier alpha value is -1.63. The van der Waals surface area contributed by atoms with Crippen molar-refractivity contribution in [3.8, 4) is 0 Å². The number of ether oxygens (including phenoxy) is 1. The Morgan fingerprint density at radius 3 is 2.52 bits per heavy atom. The van der Waals surface area contributed by atoms with Gasteiger partial charge in [-0.15, -0.1) is 0 Å². The molecule has 1 N–H and O–H groups in total. The number of anilines is 1. The van der Waals surface area contributed by atoms with Crippen molar-refractivity contribution in [2.45, 2.75) is 13.0 Å². The maximum Gasteiger partial charge on any atom is 0.241 e. The average Bonchev–Trinajstić information content (AvgIpc) is 2.56. The first-order valence-electron chi connectivity index (χ1n) is 7.59. The van der Waals surface area contributed by atoms with Crippen molar-refractivity contribution in [1.82, 2.24) is 9.80 Å². The van der Waals surface area contributed by atoms with Gasteiger partial charge in [0, 0.05) is 23.8 Å². The molecule has 2 rings (SSSR count). The SMILES string of the molecule is C[C@H](C(=O)Nc1ccc(Cl)cc1)N(C)CC(=O)N1CCOCC1. The van der Waals surface area contributed by atoms with Crippen LogP contribution in [0.1, 0.15) is 6.92 Å². The highest BCUT2D eigenvalue weighted by Crippen LogP contribution is 2.14. The van der Waals surface area contributed by atoms with E-state index in [9.17, 15) is 9.59 Å². The standard InChI is InChI=1S/C16H22ClN3O3/c1-12(16(22)18-14-5-3-13(17)4-6-14)19(2)11-15(21)20-7-9-23-10-8-20/h3-6,12H,7-11H2,1-2H3,(H,18,22)/t12-/m1/s1. The Kier molecular flexibility index (Phi) is 6.38. The van der Waals surface area contributed by atoms with E-state index in [0.29, 0.717) is 37.0 Å². The van der Waals surface area contributed by atoms with Crippen LogP contribution in [0.4, 0.5) is 5.69 Å². The van der Waals surface area contributed by atoms with Gasteiger partial charge in [-0.3, -0.25) is 14.5 Å². The van der Waals surface area contributed by atoms with Crippen LogP contribution in [0, 0.1) is 0 Å². The summed E-state index contributed by atoms with van der Waals surface area (Å²) in [6, 6.07) is 6.49. The number of carbonyl (C=O) groups excluding carboxylic acids is 2. The molecule has 1 aromatic carbocycles. The van der Waals surface area contributed by atoms with Crippen LogP contribution in [0.15, 0.2) is 24.3 Å². The zero-order valence-electron chi connectivity index (χ0n) is 13.4. The smallest absolute Gasteiger partial charge is 0.241 e. The monoisotopic (exact) mass is 339 g/mol. The maximum absolute atomic E-state index is 12.3. The summed E-state index contributed by atoms with van der Waals surface area (Å²) in [4.78, 5) is 28.0. The van der Waals surface area contributed by atoms with Gasteiger partial charge >= 0.3 is 0 Å². The van der Waals surface area contributed by atoms with Crippen molar-refractivity contribution in [2.24, 2.45) is 0 Å². The lowest BCUT2D eigenvalue weighted by Gasteiger charge is -2.30. The molecule has 0 spiro atoms. The Bertz CT molecular complexity index is 544. The quantitative estimate of drug-likeness (QED) is 0.882. The molecule has 2 amide bonds. The van der Waals surface area contributed by atoms with Crippen LogP contribution >= 0.6 is 11.6 Å². The summed E-state index contributed by atoms with van der Waals surface area (Å²) in [6.45, 7) is 4.34. The average molecular weight is 340 g/mol. The molecule has 1 atom stereocenters. The fourth-order valence-electron chi connectivity index (χ4n) is 2.24. The topological polar surface area (TPSA) is 61.9 Å². The first kappa shape index (κ1) is 17.7. The minimum absolute atomic E-state index is 0.0157. The van der Waals surface area contributed by atoms with Crippen LogP contribution in [0.3, 0.4) is 0 Å². The summed E-state index contributed by atoms with van der Waals surface area (Å²) in [5.41, 5.74) is 0.680. The number of carbonyl (C=O) groups is 2. The van der Waals surface area contributed by atoms with Gasteiger partial charge in [0.1, 0.15) is 0 Å². The van der Waals surface area contributed by atoms with E-state index in [4.69, 9.17) is 16.3 Å². The van der Waals surface area contributed by atoms with Crippen molar-refractivity contribution in [3.63, 3.8) is 0 Å². The molecule has 1 aliphatic rings. The zero-order valence-corrected chi connectivity index (χ0v) is 14.2. The van der Waals surface area contributed by atoms with E-state index >= 15 is 0 Å². The van der Waals surface area contributed by atoms with Gasteiger partial charge in [0.2, 0.25) is 11.8 Å². The van der Waals surface area contributed by atoms with Crippen molar-refractivity contribution in [2.75, 3.05) is 45.2 Å². The number of benzene rings is 1. The summed E-state index contributed by atoms with van der Waals surface area (Å²) < 4.78 is 5.23. The first-order valence-corrected chi connectivity index (χ1v) is 7.97. The minimum Gasteiger partial charge on any atom is -0.378 e. The van der Waals surface area contributed by atoms with Crippen LogP contribution < -0.4 is 5.32 Å². The second-order valence-corrected chi connectivity index (χ2v) is 6.02. The highest BCUT2D eigenvalue weighted by atomic mass is 35.5. The van der Waals surface area contributed by atoms with Gasteiger partial charge in [-0.05, 0) is 38.2 Å². The van der Waals surface area contributed by atoms with E-state index in [-0.39, 0.29) is 18.4 Å². The molecule has 23 heavy (non-hydrogen) atoms. The molecule has 0 unspecified atom stereocenters. The molecule has 0 aliphatic carbocycles. The summed E-state index contributed by atoms with van der Waals surface area (Å²) in [5.74, 6) is -0.147. The van der Waals surface area contributed by atoms with Gasteiger partial charge in [0.25, 0.3) is 0 Å². The lowest BCUT2D eigenvalue weighted by atomic mass is 10.2. The van der Waals surface area contributed by atoms with Crippen molar-refractivity contribution in [1.29, 1.82) is 0 Å². The van der Waals surface area contributed by atoms with Gasteiger partial charge in [-0.1, -0.05) is 11.6 Å². The van der Waals surface area contributed by atoms with Crippen molar-refractivity contribution < 1.29 is 14.3 Å². The van der Waals surface area contributed by atoms with Gasteiger partial charge in [0.05, 0.1) is 25.8 Å². The second-order valence-electron chi connectivity index (χ2n) is 5.58. The van der Waals surface area contributed by atoms with Crippen LogP contribution in [-0.2, 0) is 14.3 Å². The van der Waals surface area contributed by atoms with Gasteiger partial charge in [-0.2, -0.15) is 0 Å². The third-order valence-corrected chi connectivity index (χ3v) is 4.15. The molecular formula is C16H22ClN3O3. The van der Waals surface area contributed by atoms with Crippen molar-refractivity contribution in [3.05, 3.63) is 29.3 Å². The number of morpholine rings is 1. The number of halogens is 1. The Morgan fingerprint density at radius 2 is 1.91 bits per heavy atom. The third-order valence-electron chi connectivity index (χ3n) is 3.90. The van der Waals surface area contributed by atoms with E-state index in [0.717, 1.165) is 0 Å². The lowest BCUT2D eigenvalue weighted by molar-refractivity contribution is -0.137. The molecule has 1 fully saturated rings. The zero-order chi connectivity index (χ0) is 16.8. The number of nitrogens with zero attached hydrogens (tertiary/aromatic N) is 2. The third kappa shape index (κ3) is 5.20. The number of amides is 2. The molecule has 7 heteroatoms. The number of rotatable bonds is 5. The molecule has 126 valence electrons.